The number of esters is 1. The van der Waals surface area contributed by atoms with Crippen LogP contribution in [0.5, 0.6) is 0 Å². The van der Waals surface area contributed by atoms with Crippen molar-refractivity contribution in [3.8, 4) is 0 Å². The Morgan fingerprint density at radius 1 is 1.20 bits per heavy atom. The van der Waals surface area contributed by atoms with Crippen LogP contribution in [0.25, 0.3) is 0 Å². The van der Waals surface area contributed by atoms with Gasteiger partial charge in [0, 0.05) is 6.42 Å². The van der Waals surface area contributed by atoms with Crippen LogP contribution in [0, 0.1) is 0 Å². The van der Waals surface area contributed by atoms with Gasteiger partial charge in [0.1, 0.15) is 24.9 Å². The van der Waals surface area contributed by atoms with E-state index in [0.29, 0.717) is 5.56 Å². The van der Waals surface area contributed by atoms with Crippen molar-refractivity contribution in [2.75, 3.05) is 13.2 Å². The number of carbonyl (C=O) groups is 3. The standard InChI is InChI=1S/C22H32N2O11/c1-12(25)17(21(32)34-9-13-5-3-2-4-6-13)24-20(31)14(7-8-16(27)28)23-11-22(33)19(30)18(29)15(26)10-35-22/h2-6,12,14-15,17-19,23,25-26,29-30,33H,7-11H2,1H3,(H,24,31)(H,27,28). The second-order valence-corrected chi connectivity index (χ2v) is 8.34. The van der Waals surface area contributed by atoms with Crippen LogP contribution in [-0.2, 0) is 30.5 Å². The second kappa shape index (κ2) is 12.9. The van der Waals surface area contributed by atoms with E-state index in [4.69, 9.17) is 14.6 Å². The van der Waals surface area contributed by atoms with Crippen molar-refractivity contribution in [1.82, 2.24) is 10.6 Å². The van der Waals surface area contributed by atoms with Gasteiger partial charge in [0.25, 0.3) is 0 Å². The zero-order valence-corrected chi connectivity index (χ0v) is 19.1. The molecule has 2 rings (SSSR count). The molecular formula is C22H32N2O11. The van der Waals surface area contributed by atoms with Gasteiger partial charge in [0.2, 0.25) is 11.7 Å². The van der Waals surface area contributed by atoms with E-state index in [0.717, 1.165) is 0 Å². The molecule has 8 N–H and O–H groups in total. The molecule has 35 heavy (non-hydrogen) atoms. The van der Waals surface area contributed by atoms with Gasteiger partial charge < -0.3 is 50.7 Å². The molecule has 196 valence electrons. The molecule has 0 aromatic heterocycles. The first-order valence-electron chi connectivity index (χ1n) is 11.0. The van der Waals surface area contributed by atoms with Crippen molar-refractivity contribution in [1.29, 1.82) is 0 Å². The van der Waals surface area contributed by atoms with Gasteiger partial charge in [0.15, 0.2) is 6.04 Å². The van der Waals surface area contributed by atoms with Gasteiger partial charge in [-0.3, -0.25) is 9.59 Å². The Labute approximate surface area is 201 Å². The molecule has 0 bridgehead atoms. The van der Waals surface area contributed by atoms with Crippen LogP contribution in [0.2, 0.25) is 0 Å². The average Bonchev–Trinajstić information content (AvgIpc) is 2.82. The molecule has 7 unspecified atom stereocenters. The fourth-order valence-corrected chi connectivity index (χ4v) is 3.36. The molecule has 1 fully saturated rings. The molecule has 13 nitrogen and oxygen atoms in total. The van der Waals surface area contributed by atoms with E-state index in [1.54, 1.807) is 30.3 Å². The third kappa shape index (κ3) is 8.21. The molecule has 0 aliphatic carbocycles. The predicted molar refractivity (Wildman–Crippen MR) is 117 cm³/mol. The highest BCUT2D eigenvalue weighted by atomic mass is 16.6. The summed E-state index contributed by atoms with van der Waals surface area (Å²) in [5, 5.41) is 63.8. The number of rotatable bonds is 12. The number of carboxylic acids is 1. The number of hydrogen-bond donors (Lipinski definition) is 8. The summed E-state index contributed by atoms with van der Waals surface area (Å²) < 4.78 is 10.2. The first-order chi connectivity index (χ1) is 16.4. The number of carbonyl (C=O) groups excluding carboxylic acids is 2. The molecule has 0 spiro atoms. The lowest BCUT2D eigenvalue weighted by Gasteiger charge is -2.42. The molecule has 1 saturated heterocycles. The number of aliphatic hydroxyl groups is 5. The molecule has 13 heteroatoms. The van der Waals surface area contributed by atoms with Gasteiger partial charge in [-0.25, -0.2) is 4.79 Å². The monoisotopic (exact) mass is 500 g/mol. The van der Waals surface area contributed by atoms with Crippen molar-refractivity contribution in [3.63, 3.8) is 0 Å². The Kier molecular flexibility index (Phi) is 10.5. The lowest BCUT2D eigenvalue weighted by Crippen LogP contribution is -2.65. The van der Waals surface area contributed by atoms with Gasteiger partial charge in [0.05, 0.1) is 25.3 Å². The van der Waals surface area contributed by atoms with E-state index in [-0.39, 0.29) is 13.0 Å². The van der Waals surface area contributed by atoms with Gasteiger partial charge in [-0.1, -0.05) is 30.3 Å². The summed E-state index contributed by atoms with van der Waals surface area (Å²) in [4.78, 5) is 36.4. The average molecular weight is 501 g/mol. The Morgan fingerprint density at radius 2 is 1.86 bits per heavy atom. The van der Waals surface area contributed by atoms with Crippen molar-refractivity contribution in [2.24, 2.45) is 0 Å². The number of amides is 1. The highest BCUT2D eigenvalue weighted by Gasteiger charge is 2.48. The summed E-state index contributed by atoms with van der Waals surface area (Å²) >= 11 is 0. The van der Waals surface area contributed by atoms with E-state index in [9.17, 15) is 39.9 Å². The topological polar surface area (TPSA) is 215 Å². The van der Waals surface area contributed by atoms with Gasteiger partial charge in [-0.05, 0) is 18.9 Å². The molecule has 1 amide bonds. The summed E-state index contributed by atoms with van der Waals surface area (Å²) in [6.07, 6.45) is -7.20. The number of carboxylic acid groups (broad SMARTS) is 1. The van der Waals surface area contributed by atoms with Crippen LogP contribution in [0.15, 0.2) is 30.3 Å². The summed E-state index contributed by atoms with van der Waals surface area (Å²) in [5.41, 5.74) is 0.684. The number of hydrogen-bond acceptors (Lipinski definition) is 11. The normalized spacial score (nSPS) is 26.9. The van der Waals surface area contributed by atoms with Crippen LogP contribution in [-0.4, -0.2) is 104 Å². The fourth-order valence-electron chi connectivity index (χ4n) is 3.36. The van der Waals surface area contributed by atoms with Crippen LogP contribution >= 0.6 is 0 Å². The molecule has 0 saturated carbocycles. The number of aliphatic hydroxyl groups excluding tert-OH is 4. The zero-order chi connectivity index (χ0) is 26.2. The summed E-state index contributed by atoms with van der Waals surface area (Å²) in [6, 6.07) is 5.93. The quantitative estimate of drug-likeness (QED) is 0.137. The van der Waals surface area contributed by atoms with Crippen molar-refractivity contribution in [2.45, 2.75) is 68.7 Å². The first-order valence-corrected chi connectivity index (χ1v) is 11.0. The van der Waals surface area contributed by atoms with Gasteiger partial charge in [-0.15, -0.1) is 0 Å². The SMILES string of the molecule is CC(O)C(NC(=O)C(CCC(=O)O)NCC1(O)OCC(O)C(O)C1O)C(=O)OCc1ccccc1. The number of benzene rings is 1. The Bertz CT molecular complexity index is 853. The largest absolute Gasteiger partial charge is 0.481 e. The molecule has 1 aliphatic rings. The van der Waals surface area contributed by atoms with Crippen molar-refractivity contribution >= 4 is 17.8 Å². The Morgan fingerprint density at radius 3 is 2.46 bits per heavy atom. The minimum absolute atomic E-state index is 0.101. The minimum Gasteiger partial charge on any atom is -0.481 e. The number of aliphatic carboxylic acids is 1. The van der Waals surface area contributed by atoms with E-state index in [1.165, 1.54) is 6.92 Å². The Balaban J connectivity index is 2.05. The highest BCUT2D eigenvalue weighted by Crippen LogP contribution is 2.23. The smallest absolute Gasteiger partial charge is 0.331 e. The van der Waals surface area contributed by atoms with Crippen molar-refractivity contribution < 1.29 is 54.5 Å². The highest BCUT2D eigenvalue weighted by molar-refractivity contribution is 5.88. The van der Waals surface area contributed by atoms with Crippen LogP contribution in [0.3, 0.4) is 0 Å². The number of nitrogens with one attached hydrogen (secondary N) is 2. The van der Waals surface area contributed by atoms with Gasteiger partial charge >= 0.3 is 11.9 Å². The fraction of sp³-hybridized carbons (Fsp3) is 0.591. The van der Waals surface area contributed by atoms with Crippen LogP contribution in [0.4, 0.5) is 0 Å². The van der Waals surface area contributed by atoms with Crippen molar-refractivity contribution in [3.05, 3.63) is 35.9 Å². The second-order valence-electron chi connectivity index (χ2n) is 8.34. The third-order valence-corrected chi connectivity index (χ3v) is 5.51. The molecule has 1 aromatic rings. The van der Waals surface area contributed by atoms with Crippen LogP contribution in [0.1, 0.15) is 25.3 Å². The molecule has 1 aliphatic heterocycles. The molecule has 1 heterocycles. The molecule has 7 atom stereocenters. The maximum absolute atomic E-state index is 12.9. The van der Waals surface area contributed by atoms with E-state index < -0.39 is 79.7 Å². The van der Waals surface area contributed by atoms with Gasteiger partial charge in [-0.2, -0.15) is 0 Å². The summed E-state index contributed by atoms with van der Waals surface area (Å²) in [5.74, 6) is -5.41. The molecular weight excluding hydrogens is 468 g/mol. The molecule has 1 aromatic carbocycles. The Hall–Kier alpha value is -2.65. The molecule has 0 radical (unpaired) electrons. The minimum atomic E-state index is -2.39. The summed E-state index contributed by atoms with van der Waals surface area (Å²) in [7, 11) is 0. The first kappa shape index (κ1) is 28.6. The maximum atomic E-state index is 12.9. The number of ether oxygens (including phenoxy) is 2. The lowest BCUT2D eigenvalue weighted by molar-refractivity contribution is -0.318. The van der Waals surface area contributed by atoms with Crippen LogP contribution < -0.4 is 10.6 Å². The van der Waals surface area contributed by atoms with E-state index in [1.807, 2.05) is 0 Å². The van der Waals surface area contributed by atoms with E-state index >= 15 is 0 Å². The summed E-state index contributed by atoms with van der Waals surface area (Å²) in [6.45, 7) is 0.0269. The lowest BCUT2D eigenvalue weighted by atomic mass is 9.96. The maximum Gasteiger partial charge on any atom is 0.331 e. The zero-order valence-electron chi connectivity index (χ0n) is 19.1. The van der Waals surface area contributed by atoms with E-state index in [2.05, 4.69) is 10.6 Å². The third-order valence-electron chi connectivity index (χ3n) is 5.51. The predicted octanol–water partition coefficient (Wildman–Crippen LogP) is -2.78.